The van der Waals surface area contributed by atoms with E-state index in [0.717, 1.165) is 18.4 Å². The molecule has 134 valence electrons. The van der Waals surface area contributed by atoms with Gasteiger partial charge in [-0.05, 0) is 38.5 Å². The van der Waals surface area contributed by atoms with Crippen molar-refractivity contribution in [1.29, 1.82) is 0 Å². The van der Waals surface area contributed by atoms with Crippen molar-refractivity contribution in [3.8, 4) is 0 Å². The first kappa shape index (κ1) is 16.8. The van der Waals surface area contributed by atoms with Crippen molar-refractivity contribution in [2.24, 2.45) is 28.6 Å². The standard InChI is InChI=1S/C20H30O4/c1-10-8-19-9-16(22)20(24)14(7-15(21)18(20,3)4)11(2)13(19)6-5-12(10)17(19)23/h8,12-17,21-24H,2,5-7,9H2,1,3-4H3/t12?,13-,14-,15-,16-,17?,19?,20-/m0/s1. The maximum Gasteiger partial charge on any atom is 0.105 e. The van der Waals surface area contributed by atoms with Gasteiger partial charge in [-0.15, -0.1) is 0 Å². The molecule has 0 heterocycles. The van der Waals surface area contributed by atoms with E-state index < -0.39 is 34.7 Å². The van der Waals surface area contributed by atoms with Crippen molar-refractivity contribution >= 4 is 0 Å². The lowest BCUT2D eigenvalue weighted by Crippen LogP contribution is -2.57. The predicted molar refractivity (Wildman–Crippen MR) is 91.0 cm³/mol. The van der Waals surface area contributed by atoms with Crippen LogP contribution in [-0.2, 0) is 0 Å². The molecule has 0 aliphatic heterocycles. The molecule has 0 amide bonds. The number of rotatable bonds is 0. The van der Waals surface area contributed by atoms with E-state index in [2.05, 4.69) is 19.6 Å². The molecule has 0 radical (unpaired) electrons. The van der Waals surface area contributed by atoms with Gasteiger partial charge >= 0.3 is 0 Å². The first-order chi connectivity index (χ1) is 11.1. The van der Waals surface area contributed by atoms with Crippen LogP contribution in [0.15, 0.2) is 23.8 Å². The highest BCUT2D eigenvalue weighted by molar-refractivity contribution is 5.37. The Hall–Kier alpha value is -0.680. The Morgan fingerprint density at radius 2 is 1.75 bits per heavy atom. The molecular formula is C20H30O4. The van der Waals surface area contributed by atoms with Crippen molar-refractivity contribution in [2.45, 2.75) is 70.4 Å². The van der Waals surface area contributed by atoms with Gasteiger partial charge in [-0.1, -0.05) is 37.6 Å². The Morgan fingerprint density at radius 1 is 1.08 bits per heavy atom. The van der Waals surface area contributed by atoms with Crippen LogP contribution in [-0.4, -0.2) is 44.3 Å². The van der Waals surface area contributed by atoms with Crippen LogP contribution >= 0.6 is 0 Å². The van der Waals surface area contributed by atoms with Gasteiger partial charge in [0, 0.05) is 22.7 Å². The monoisotopic (exact) mass is 334 g/mol. The zero-order valence-corrected chi connectivity index (χ0v) is 14.9. The molecular weight excluding hydrogens is 304 g/mol. The number of aliphatic hydroxyl groups is 4. The maximum absolute atomic E-state index is 11.6. The second kappa shape index (κ2) is 4.73. The summed E-state index contributed by atoms with van der Waals surface area (Å²) in [5.41, 5.74) is -0.642. The lowest BCUT2D eigenvalue weighted by Gasteiger charge is -2.46. The minimum atomic E-state index is -1.41. The Labute approximate surface area is 143 Å². The smallest absolute Gasteiger partial charge is 0.105 e. The molecule has 1 spiro atoms. The fraction of sp³-hybridized carbons (Fsp3) is 0.800. The second-order valence-corrected chi connectivity index (χ2v) is 9.33. The van der Waals surface area contributed by atoms with E-state index in [1.165, 1.54) is 5.57 Å². The lowest BCUT2D eigenvalue weighted by atomic mass is 9.60. The summed E-state index contributed by atoms with van der Waals surface area (Å²) in [5.74, 6) is -0.122. The lowest BCUT2D eigenvalue weighted by molar-refractivity contribution is -0.171. The van der Waals surface area contributed by atoms with E-state index in [0.29, 0.717) is 12.8 Å². The summed E-state index contributed by atoms with van der Waals surface area (Å²) in [4.78, 5) is 0. The van der Waals surface area contributed by atoms with E-state index in [1.807, 2.05) is 13.8 Å². The second-order valence-electron chi connectivity index (χ2n) is 9.33. The maximum atomic E-state index is 11.6. The third-order valence-corrected chi connectivity index (χ3v) is 8.23. The van der Waals surface area contributed by atoms with Crippen LogP contribution in [0, 0.1) is 28.6 Å². The molecule has 3 fully saturated rings. The molecule has 4 rings (SSSR count). The van der Waals surface area contributed by atoms with Crippen molar-refractivity contribution in [3.63, 3.8) is 0 Å². The summed E-state index contributed by atoms with van der Waals surface area (Å²) in [5, 5.41) is 44.2. The van der Waals surface area contributed by atoms with Gasteiger partial charge in [0.25, 0.3) is 0 Å². The molecule has 3 unspecified atom stereocenters. The summed E-state index contributed by atoms with van der Waals surface area (Å²) in [7, 11) is 0. The van der Waals surface area contributed by atoms with Crippen LogP contribution in [0.2, 0.25) is 0 Å². The number of hydrogen-bond donors (Lipinski definition) is 4. The van der Waals surface area contributed by atoms with Crippen LogP contribution in [0.5, 0.6) is 0 Å². The SMILES string of the molecule is C=C1[C@@H]2CCC3C(C)=CC2(C[C@H](O)[C@@]2(O)[C@H]1C[C@H](O)C2(C)C)C3O. The number of fused-ring (bicyclic) bond motifs is 2. The first-order valence-corrected chi connectivity index (χ1v) is 9.22. The molecule has 4 aliphatic carbocycles. The summed E-state index contributed by atoms with van der Waals surface area (Å²) in [6.07, 6.45) is 2.57. The van der Waals surface area contributed by atoms with Gasteiger partial charge in [0.1, 0.15) is 5.60 Å². The average Bonchev–Trinajstić information content (AvgIpc) is 2.73. The van der Waals surface area contributed by atoms with E-state index in [1.54, 1.807) is 0 Å². The quantitative estimate of drug-likeness (QED) is 0.509. The van der Waals surface area contributed by atoms with E-state index in [9.17, 15) is 20.4 Å². The largest absolute Gasteiger partial charge is 0.392 e. The van der Waals surface area contributed by atoms with Crippen molar-refractivity contribution in [1.82, 2.24) is 0 Å². The van der Waals surface area contributed by atoms with E-state index in [-0.39, 0.29) is 17.8 Å². The topological polar surface area (TPSA) is 80.9 Å². The average molecular weight is 334 g/mol. The van der Waals surface area contributed by atoms with E-state index >= 15 is 0 Å². The molecule has 0 aromatic rings. The molecule has 0 aromatic heterocycles. The zero-order chi connectivity index (χ0) is 17.7. The van der Waals surface area contributed by atoms with Gasteiger partial charge in [-0.2, -0.15) is 0 Å². The van der Waals surface area contributed by atoms with Crippen LogP contribution in [0.3, 0.4) is 0 Å². The molecule has 0 aromatic carbocycles. The first-order valence-electron chi connectivity index (χ1n) is 9.22. The molecule has 2 bridgehead atoms. The molecule has 4 aliphatic rings. The van der Waals surface area contributed by atoms with Crippen molar-refractivity contribution < 1.29 is 20.4 Å². The number of hydrogen-bond acceptors (Lipinski definition) is 4. The third-order valence-electron chi connectivity index (χ3n) is 8.23. The van der Waals surface area contributed by atoms with Gasteiger partial charge in [0.15, 0.2) is 0 Å². The summed E-state index contributed by atoms with van der Waals surface area (Å²) in [6.45, 7) is 10.1. The molecule has 0 saturated heterocycles. The van der Waals surface area contributed by atoms with E-state index in [4.69, 9.17) is 0 Å². The normalized spacial score (nSPS) is 55.6. The van der Waals surface area contributed by atoms with Gasteiger partial charge in [-0.3, -0.25) is 0 Å². The third kappa shape index (κ3) is 1.64. The van der Waals surface area contributed by atoms with Crippen molar-refractivity contribution in [2.75, 3.05) is 0 Å². The highest BCUT2D eigenvalue weighted by Gasteiger charge is 2.69. The zero-order valence-electron chi connectivity index (χ0n) is 14.9. The van der Waals surface area contributed by atoms with Gasteiger partial charge in [-0.25, -0.2) is 0 Å². The Kier molecular flexibility index (Phi) is 3.30. The summed E-state index contributed by atoms with van der Waals surface area (Å²) in [6, 6.07) is 0. The molecule has 8 atom stereocenters. The fourth-order valence-electron chi connectivity index (χ4n) is 6.64. The van der Waals surface area contributed by atoms with Gasteiger partial charge in [0.05, 0.1) is 18.3 Å². The minimum Gasteiger partial charge on any atom is -0.392 e. The van der Waals surface area contributed by atoms with Crippen LogP contribution in [0.4, 0.5) is 0 Å². The molecule has 4 N–H and O–H groups in total. The highest BCUT2D eigenvalue weighted by Crippen LogP contribution is 2.66. The fourth-order valence-corrected chi connectivity index (χ4v) is 6.64. The predicted octanol–water partition coefficient (Wildman–Crippen LogP) is 1.78. The molecule has 4 nitrogen and oxygen atoms in total. The Balaban J connectivity index is 1.87. The van der Waals surface area contributed by atoms with Gasteiger partial charge in [0.2, 0.25) is 0 Å². The van der Waals surface area contributed by atoms with Crippen LogP contribution < -0.4 is 0 Å². The Morgan fingerprint density at radius 3 is 2.42 bits per heavy atom. The van der Waals surface area contributed by atoms with Crippen LogP contribution in [0.25, 0.3) is 0 Å². The molecule has 24 heavy (non-hydrogen) atoms. The molecule has 4 heteroatoms. The number of aliphatic hydroxyl groups excluding tert-OH is 3. The highest BCUT2D eigenvalue weighted by atomic mass is 16.4. The minimum absolute atomic E-state index is 0.0518. The van der Waals surface area contributed by atoms with Gasteiger partial charge < -0.3 is 20.4 Å². The molecule has 3 saturated carbocycles. The van der Waals surface area contributed by atoms with Crippen molar-refractivity contribution in [3.05, 3.63) is 23.8 Å². The summed E-state index contributed by atoms with van der Waals surface area (Å²) < 4.78 is 0. The Bertz CT molecular complexity index is 623. The van der Waals surface area contributed by atoms with Crippen LogP contribution in [0.1, 0.15) is 46.5 Å². The summed E-state index contributed by atoms with van der Waals surface area (Å²) >= 11 is 0.